The summed E-state index contributed by atoms with van der Waals surface area (Å²) in [7, 11) is -8.78. The number of anilines is 1. The van der Waals surface area contributed by atoms with Gasteiger partial charge in [0.15, 0.2) is 21.3 Å². The van der Waals surface area contributed by atoms with Crippen LogP contribution in [0.5, 0.6) is 0 Å². The first-order valence-electron chi connectivity index (χ1n) is 22.1. The number of nitrogens with one attached hydrogen (secondary N) is 2. The average molecular weight is 1130 g/mol. The van der Waals surface area contributed by atoms with Crippen LogP contribution in [0.3, 0.4) is 0 Å². The Labute approximate surface area is 425 Å². The average Bonchev–Trinajstić information content (AvgIpc) is 3.76. The molecule has 7 rings (SSSR count). The Bertz CT molecular complexity index is 3460. The van der Waals surface area contributed by atoms with Gasteiger partial charge in [0.2, 0.25) is 21.8 Å². The number of carbonyl (C=O) groups excluding carboxylic acids is 2. The van der Waals surface area contributed by atoms with Crippen LogP contribution in [0.4, 0.5) is 54.5 Å². The zero-order chi connectivity index (χ0) is 55.9. The first kappa shape index (κ1) is 56.3. The molecule has 0 aliphatic heterocycles. The molecule has 2 aliphatic carbocycles. The van der Waals surface area contributed by atoms with Gasteiger partial charge in [0, 0.05) is 47.9 Å². The fourth-order valence-electron chi connectivity index (χ4n) is 8.72. The third-order valence-corrected chi connectivity index (χ3v) is 15.7. The number of hydrogen-bond donors (Lipinski definition) is 3. The van der Waals surface area contributed by atoms with E-state index in [4.69, 9.17) is 16.7 Å². The number of nitrogens with zero attached hydrogens (tertiary/aromatic N) is 6. The molecular weight excluding hydrogens is 1080 g/mol. The highest BCUT2D eigenvalue weighted by atomic mass is 35.5. The minimum Gasteiger partial charge on any atom is -0.465 e. The van der Waals surface area contributed by atoms with Crippen molar-refractivity contribution in [2.45, 2.75) is 95.0 Å². The van der Waals surface area contributed by atoms with E-state index in [0.717, 1.165) is 42.7 Å². The number of hydrogen-bond acceptors (Lipinski definition) is 10. The molecule has 1 saturated carbocycles. The van der Waals surface area contributed by atoms with E-state index >= 15 is 8.78 Å². The zero-order valence-electron chi connectivity index (χ0n) is 40.0. The number of carboxylic acid groups (broad SMARTS) is 1. The first-order chi connectivity index (χ1) is 34.3. The van der Waals surface area contributed by atoms with Crippen molar-refractivity contribution in [2.24, 2.45) is 11.3 Å². The lowest BCUT2D eigenvalue weighted by Gasteiger charge is -2.27. The summed E-state index contributed by atoms with van der Waals surface area (Å²) in [6.45, 7) is 1.48. The number of amides is 3. The maximum Gasteiger partial charge on any atom is 0.435 e. The van der Waals surface area contributed by atoms with Crippen LogP contribution in [0, 0.1) is 34.8 Å². The number of fused-ring (bicyclic) bond motifs is 4. The van der Waals surface area contributed by atoms with Gasteiger partial charge in [0.25, 0.3) is 5.92 Å². The molecule has 404 valence electrons. The number of carbonyl (C=O) groups is 3. The van der Waals surface area contributed by atoms with Crippen LogP contribution >= 0.6 is 11.6 Å². The molecule has 3 heterocycles. The lowest BCUT2D eigenvalue weighted by molar-refractivity contribution is -0.143. The Morgan fingerprint density at radius 2 is 1.56 bits per heavy atom. The van der Waals surface area contributed by atoms with E-state index in [1.54, 1.807) is 0 Å². The monoisotopic (exact) mass is 1120 g/mol. The molecular formula is C46H43ClF10N8O8S2. The highest BCUT2D eigenvalue weighted by Crippen LogP contribution is 2.68. The highest BCUT2D eigenvalue weighted by Gasteiger charge is 2.68. The second kappa shape index (κ2) is 19.3. The van der Waals surface area contributed by atoms with Crippen molar-refractivity contribution in [1.29, 1.82) is 0 Å². The number of halogens is 11. The maximum atomic E-state index is 15.6. The highest BCUT2D eigenvalue weighted by molar-refractivity contribution is 7.93. The molecule has 29 heteroatoms. The minimum absolute atomic E-state index is 0.0759. The molecule has 1 fully saturated rings. The third-order valence-electron chi connectivity index (χ3n) is 12.4. The SMILES string of the molecule is CC(C)(CNC(=O)O)CC(=O)N(c1nn(CC(F)(F)F)c2c(-c3ccc(C#CC(C)(C)S(C)(=O)=O)nc3[C@H](Cc3cc(F)cc(F)c3)NC(=O)Cn3nc(C(F)(F)F)c4c3C(F)(F)[C@@H]3C[C@H]43)ccc(Cl)c12)S(C)(=O)=O. The van der Waals surface area contributed by atoms with E-state index in [2.05, 4.69) is 37.7 Å². The predicted molar refractivity (Wildman–Crippen MR) is 250 cm³/mol. The topological polar surface area (TPSA) is 216 Å². The van der Waals surface area contributed by atoms with Crippen molar-refractivity contribution in [3.63, 3.8) is 0 Å². The van der Waals surface area contributed by atoms with Crippen LogP contribution in [-0.4, -0.2) is 94.4 Å². The summed E-state index contributed by atoms with van der Waals surface area (Å²) in [6.07, 6.45) is -12.3. The summed E-state index contributed by atoms with van der Waals surface area (Å²) in [4.78, 5) is 44.1. The fraction of sp³-hybridized carbons (Fsp3) is 0.435. The van der Waals surface area contributed by atoms with E-state index in [0.29, 0.717) is 12.3 Å². The van der Waals surface area contributed by atoms with E-state index < -0.39 is 173 Å². The van der Waals surface area contributed by atoms with Crippen molar-refractivity contribution in [1.82, 2.24) is 35.2 Å². The fourth-order valence-corrected chi connectivity index (χ4v) is 10.1. The summed E-state index contributed by atoms with van der Waals surface area (Å²) < 4.78 is 199. The summed E-state index contributed by atoms with van der Waals surface area (Å²) in [5.74, 6) is -7.42. The Kier molecular flexibility index (Phi) is 14.5. The smallest absolute Gasteiger partial charge is 0.435 e. The largest absolute Gasteiger partial charge is 0.465 e. The van der Waals surface area contributed by atoms with Gasteiger partial charge in [-0.1, -0.05) is 37.4 Å². The number of alkyl halides is 8. The molecule has 16 nitrogen and oxygen atoms in total. The first-order valence-corrected chi connectivity index (χ1v) is 26.2. The van der Waals surface area contributed by atoms with E-state index in [-0.39, 0.29) is 42.5 Å². The van der Waals surface area contributed by atoms with Crippen LogP contribution in [0.2, 0.25) is 5.02 Å². The van der Waals surface area contributed by atoms with Gasteiger partial charge in [-0.2, -0.15) is 49.6 Å². The van der Waals surface area contributed by atoms with E-state index in [1.807, 2.05) is 0 Å². The van der Waals surface area contributed by atoms with Crippen LogP contribution in [0.15, 0.2) is 42.5 Å². The van der Waals surface area contributed by atoms with Crippen molar-refractivity contribution in [2.75, 3.05) is 23.4 Å². The molecule has 0 radical (unpaired) electrons. The standard InChI is InChI=1S/C46H43ClF10N8O8S2/c1-42(2,20-58-41(68)69)18-33(67)65(75(6,72)73)40-35-30(47)10-9-27(37(35)64(62-40)21-44(50,51)52)26-8-7-25(11-12-43(3,4)74(5,70)71)59-36(26)31(15-22-13-23(48)16-24(49)14-22)60-32(66)19-63-39-34(38(61-63)46(55,56)57)28-17-29(28)45(39,53)54/h7-10,13-14,16,28-29,31,58H,15,17-21H2,1-6H3,(H,60,66)(H,68,69)/t28-,29+,31-/m0/s1. The van der Waals surface area contributed by atoms with Gasteiger partial charge in [0.05, 0.1) is 33.9 Å². The van der Waals surface area contributed by atoms with Crippen molar-refractivity contribution < 1.29 is 80.2 Å². The molecule has 3 amide bonds. The van der Waals surface area contributed by atoms with Gasteiger partial charge >= 0.3 is 18.4 Å². The molecule has 0 spiro atoms. The molecule has 2 aromatic carbocycles. The Hall–Kier alpha value is -6.47. The molecule has 3 N–H and O–H groups in total. The van der Waals surface area contributed by atoms with Crippen LogP contribution in [0.1, 0.15) is 86.4 Å². The van der Waals surface area contributed by atoms with Crippen molar-refractivity contribution in [3.05, 3.63) is 93.0 Å². The quantitative estimate of drug-likeness (QED) is 0.0670. The third kappa shape index (κ3) is 11.8. The molecule has 0 bridgehead atoms. The zero-order valence-corrected chi connectivity index (χ0v) is 42.4. The molecule has 2 aliphatic rings. The van der Waals surface area contributed by atoms with Gasteiger partial charge < -0.3 is 15.7 Å². The lowest BCUT2D eigenvalue weighted by Crippen LogP contribution is -2.42. The number of aromatic nitrogens is 5. The molecule has 75 heavy (non-hydrogen) atoms. The molecule has 0 saturated heterocycles. The molecule has 0 unspecified atom stereocenters. The molecule has 3 aromatic heterocycles. The summed E-state index contributed by atoms with van der Waals surface area (Å²) in [6, 6.07) is 4.66. The van der Waals surface area contributed by atoms with Gasteiger partial charge in [0.1, 0.15) is 40.9 Å². The Morgan fingerprint density at radius 3 is 2.13 bits per heavy atom. The molecule has 5 aromatic rings. The van der Waals surface area contributed by atoms with Crippen LogP contribution < -0.4 is 14.9 Å². The summed E-state index contributed by atoms with van der Waals surface area (Å²) >= 11 is 6.67. The number of sulfonamides is 1. The van der Waals surface area contributed by atoms with Crippen LogP contribution in [0.25, 0.3) is 22.0 Å². The lowest BCUT2D eigenvalue weighted by atomic mass is 9.89. The maximum absolute atomic E-state index is 15.6. The minimum atomic E-state index is -5.24. The second-order valence-electron chi connectivity index (χ2n) is 19.4. The summed E-state index contributed by atoms with van der Waals surface area (Å²) in [5, 5.41) is 19.9. The van der Waals surface area contributed by atoms with Crippen molar-refractivity contribution >= 4 is 66.1 Å². The van der Waals surface area contributed by atoms with Gasteiger partial charge in [-0.15, -0.1) is 0 Å². The van der Waals surface area contributed by atoms with E-state index in [9.17, 15) is 66.3 Å². The normalized spacial score (nSPS) is 16.9. The number of rotatable bonds is 15. The van der Waals surface area contributed by atoms with Gasteiger partial charge in [-0.3, -0.25) is 19.0 Å². The van der Waals surface area contributed by atoms with Crippen LogP contribution in [-0.2, 0) is 61.1 Å². The van der Waals surface area contributed by atoms with Gasteiger partial charge in [-0.25, -0.2) is 35.4 Å². The molecule has 3 atom stereocenters. The van der Waals surface area contributed by atoms with E-state index in [1.165, 1.54) is 27.7 Å². The number of benzene rings is 2. The van der Waals surface area contributed by atoms with Crippen molar-refractivity contribution in [3.8, 4) is 23.0 Å². The second-order valence-corrected chi connectivity index (χ2v) is 24.2. The number of pyridine rings is 1. The van der Waals surface area contributed by atoms with Gasteiger partial charge in [-0.05, 0) is 79.8 Å². The predicted octanol–water partition coefficient (Wildman–Crippen LogP) is 8.27. The Morgan fingerprint density at radius 1 is 0.933 bits per heavy atom. The number of sulfone groups is 1. The Balaban J connectivity index is 1.48. The summed E-state index contributed by atoms with van der Waals surface area (Å²) in [5.41, 5.74) is -7.38.